The number of hydrogen-bond donors (Lipinski definition) is 1. The molecule has 4 rings (SSSR count). The van der Waals surface area contributed by atoms with Gasteiger partial charge < -0.3 is 4.74 Å². The molecule has 28 heavy (non-hydrogen) atoms. The van der Waals surface area contributed by atoms with E-state index in [9.17, 15) is 8.42 Å². The zero-order chi connectivity index (χ0) is 19.7. The van der Waals surface area contributed by atoms with Crippen molar-refractivity contribution in [3.05, 3.63) is 47.9 Å². The number of nitrogens with zero attached hydrogens (tertiary/aromatic N) is 4. The number of aromatic nitrogens is 3. The molecule has 3 aromatic rings. The average molecular weight is 401 g/mol. The highest BCUT2D eigenvalue weighted by Gasteiger charge is 2.14. The Labute approximate surface area is 164 Å². The van der Waals surface area contributed by atoms with E-state index in [1.807, 2.05) is 13.1 Å². The SMILES string of the molecule is Cc1nnc2c(NS(C)(=O)=O)cc(-c3ccc(CN4CCOCC4)cc3)cn12. The van der Waals surface area contributed by atoms with Crippen LogP contribution in [0, 0.1) is 6.92 Å². The molecular weight excluding hydrogens is 378 g/mol. The molecule has 0 saturated carbocycles. The molecule has 1 aromatic carbocycles. The number of morpholine rings is 1. The lowest BCUT2D eigenvalue weighted by atomic mass is 10.0. The van der Waals surface area contributed by atoms with E-state index >= 15 is 0 Å². The molecule has 0 amide bonds. The van der Waals surface area contributed by atoms with Gasteiger partial charge in [-0.15, -0.1) is 10.2 Å². The molecule has 1 aliphatic heterocycles. The van der Waals surface area contributed by atoms with E-state index in [2.05, 4.69) is 44.1 Å². The third-order valence-corrected chi connectivity index (χ3v) is 5.36. The topological polar surface area (TPSA) is 88.8 Å². The molecule has 0 aliphatic carbocycles. The summed E-state index contributed by atoms with van der Waals surface area (Å²) in [5, 5.41) is 8.15. The number of pyridine rings is 1. The molecule has 3 heterocycles. The standard InChI is InChI=1S/C19H23N5O3S/c1-14-20-21-19-18(22-28(2,25)26)11-17(13-24(14)19)16-5-3-15(4-6-16)12-23-7-9-27-10-8-23/h3-6,11,13,22H,7-10,12H2,1-2H3. The second-order valence-corrected chi connectivity index (χ2v) is 8.79. The average Bonchev–Trinajstić information content (AvgIpc) is 3.03. The van der Waals surface area contributed by atoms with Gasteiger partial charge in [-0.3, -0.25) is 14.0 Å². The van der Waals surface area contributed by atoms with Crippen LogP contribution in [0.4, 0.5) is 5.69 Å². The summed E-state index contributed by atoms with van der Waals surface area (Å²) in [4.78, 5) is 2.37. The maximum absolute atomic E-state index is 11.8. The molecule has 1 fully saturated rings. The van der Waals surface area contributed by atoms with Crippen LogP contribution < -0.4 is 4.72 Å². The second kappa shape index (κ2) is 7.50. The van der Waals surface area contributed by atoms with Crippen LogP contribution in [0.5, 0.6) is 0 Å². The number of anilines is 1. The first-order valence-electron chi connectivity index (χ1n) is 9.12. The molecule has 148 valence electrons. The number of fused-ring (bicyclic) bond motifs is 1. The minimum absolute atomic E-state index is 0.415. The van der Waals surface area contributed by atoms with Gasteiger partial charge in [-0.2, -0.15) is 0 Å². The Morgan fingerprint density at radius 2 is 1.82 bits per heavy atom. The van der Waals surface area contributed by atoms with Crippen LogP contribution in [0.25, 0.3) is 16.8 Å². The van der Waals surface area contributed by atoms with E-state index in [4.69, 9.17) is 4.74 Å². The molecule has 2 aromatic heterocycles. The van der Waals surface area contributed by atoms with E-state index in [1.165, 1.54) is 5.56 Å². The number of rotatable bonds is 5. The van der Waals surface area contributed by atoms with Crippen LogP contribution >= 0.6 is 0 Å². The maximum atomic E-state index is 11.8. The van der Waals surface area contributed by atoms with E-state index in [-0.39, 0.29) is 0 Å². The summed E-state index contributed by atoms with van der Waals surface area (Å²) >= 11 is 0. The Morgan fingerprint density at radius 3 is 2.50 bits per heavy atom. The van der Waals surface area contributed by atoms with Crippen molar-refractivity contribution < 1.29 is 13.2 Å². The molecule has 8 nitrogen and oxygen atoms in total. The molecule has 1 aliphatic rings. The number of nitrogens with one attached hydrogen (secondary N) is 1. The summed E-state index contributed by atoms with van der Waals surface area (Å²) < 4.78 is 33.2. The number of hydrogen-bond acceptors (Lipinski definition) is 6. The largest absolute Gasteiger partial charge is 0.379 e. The highest BCUT2D eigenvalue weighted by Crippen LogP contribution is 2.27. The third-order valence-electron chi connectivity index (χ3n) is 4.77. The van der Waals surface area contributed by atoms with Gasteiger partial charge in [-0.1, -0.05) is 24.3 Å². The first-order valence-corrected chi connectivity index (χ1v) is 11.0. The van der Waals surface area contributed by atoms with Crippen LogP contribution in [-0.2, 0) is 21.3 Å². The normalized spacial score (nSPS) is 15.8. The first-order chi connectivity index (χ1) is 13.4. The van der Waals surface area contributed by atoms with Crippen molar-refractivity contribution in [1.29, 1.82) is 0 Å². The quantitative estimate of drug-likeness (QED) is 0.703. The van der Waals surface area contributed by atoms with E-state index in [1.54, 1.807) is 10.5 Å². The molecule has 0 bridgehead atoms. The lowest BCUT2D eigenvalue weighted by molar-refractivity contribution is 0.0342. The van der Waals surface area contributed by atoms with Crippen molar-refractivity contribution in [1.82, 2.24) is 19.5 Å². The van der Waals surface area contributed by atoms with Crippen LogP contribution in [0.3, 0.4) is 0 Å². The monoisotopic (exact) mass is 401 g/mol. The molecular formula is C19H23N5O3S. The number of sulfonamides is 1. The van der Waals surface area contributed by atoms with Crippen molar-refractivity contribution in [2.45, 2.75) is 13.5 Å². The molecule has 0 unspecified atom stereocenters. The molecule has 0 atom stereocenters. The van der Waals surface area contributed by atoms with Crippen LogP contribution in [0.2, 0.25) is 0 Å². The van der Waals surface area contributed by atoms with Crippen molar-refractivity contribution in [2.75, 3.05) is 37.3 Å². The van der Waals surface area contributed by atoms with Crippen molar-refractivity contribution >= 4 is 21.4 Å². The van der Waals surface area contributed by atoms with Crippen LogP contribution in [-0.4, -0.2) is 60.5 Å². The van der Waals surface area contributed by atoms with E-state index < -0.39 is 10.0 Å². The zero-order valence-corrected chi connectivity index (χ0v) is 16.7. The van der Waals surface area contributed by atoms with Gasteiger partial charge in [0.15, 0.2) is 5.65 Å². The lowest BCUT2D eigenvalue weighted by Gasteiger charge is -2.26. The van der Waals surface area contributed by atoms with Gasteiger partial charge in [0.25, 0.3) is 0 Å². The summed E-state index contributed by atoms with van der Waals surface area (Å²) in [6.07, 6.45) is 3.05. The molecule has 9 heteroatoms. The van der Waals surface area contributed by atoms with E-state index in [0.717, 1.165) is 50.2 Å². The Kier molecular flexibility index (Phi) is 5.05. The lowest BCUT2D eigenvalue weighted by Crippen LogP contribution is -2.35. The fourth-order valence-electron chi connectivity index (χ4n) is 3.36. The van der Waals surface area contributed by atoms with Gasteiger partial charge in [-0.25, -0.2) is 8.42 Å². The zero-order valence-electron chi connectivity index (χ0n) is 15.9. The van der Waals surface area contributed by atoms with Gasteiger partial charge in [0.2, 0.25) is 10.0 Å². The molecule has 0 radical (unpaired) electrons. The maximum Gasteiger partial charge on any atom is 0.229 e. The van der Waals surface area contributed by atoms with Gasteiger partial charge in [0.1, 0.15) is 5.82 Å². The minimum Gasteiger partial charge on any atom is -0.379 e. The van der Waals surface area contributed by atoms with Gasteiger partial charge >= 0.3 is 0 Å². The predicted molar refractivity (Wildman–Crippen MR) is 108 cm³/mol. The summed E-state index contributed by atoms with van der Waals surface area (Å²) in [5.41, 5.74) is 4.02. The van der Waals surface area contributed by atoms with Crippen LogP contribution in [0.1, 0.15) is 11.4 Å². The highest BCUT2D eigenvalue weighted by atomic mass is 32.2. The van der Waals surface area contributed by atoms with Crippen molar-refractivity contribution in [2.24, 2.45) is 0 Å². The number of ether oxygens (including phenoxy) is 1. The van der Waals surface area contributed by atoms with Gasteiger partial charge in [0.05, 0.1) is 25.2 Å². The fraction of sp³-hybridized carbons (Fsp3) is 0.368. The predicted octanol–water partition coefficient (Wildman–Crippen LogP) is 1.91. The molecule has 1 saturated heterocycles. The summed E-state index contributed by atoms with van der Waals surface area (Å²) in [6.45, 7) is 6.20. The van der Waals surface area contributed by atoms with Crippen molar-refractivity contribution in [3.63, 3.8) is 0 Å². The fourth-order valence-corrected chi connectivity index (χ4v) is 3.91. The Morgan fingerprint density at radius 1 is 1.11 bits per heavy atom. The Hall–Kier alpha value is -2.49. The van der Waals surface area contributed by atoms with E-state index in [0.29, 0.717) is 17.2 Å². The van der Waals surface area contributed by atoms with Gasteiger partial charge in [-0.05, 0) is 24.1 Å². The summed E-state index contributed by atoms with van der Waals surface area (Å²) in [7, 11) is -3.43. The first kappa shape index (κ1) is 18.9. The molecule has 0 spiro atoms. The Bertz CT molecular complexity index is 1090. The van der Waals surface area contributed by atoms with Crippen molar-refractivity contribution in [3.8, 4) is 11.1 Å². The highest BCUT2D eigenvalue weighted by molar-refractivity contribution is 7.92. The Balaban J connectivity index is 1.65. The summed E-state index contributed by atoms with van der Waals surface area (Å²) in [6, 6.07) is 10.1. The van der Waals surface area contributed by atoms with Gasteiger partial charge in [0, 0.05) is 31.4 Å². The summed E-state index contributed by atoms with van der Waals surface area (Å²) in [5.74, 6) is 0.692. The smallest absolute Gasteiger partial charge is 0.229 e. The number of aryl methyl sites for hydroxylation is 1. The minimum atomic E-state index is -3.43. The third kappa shape index (κ3) is 4.16. The second-order valence-electron chi connectivity index (χ2n) is 7.04. The van der Waals surface area contributed by atoms with Crippen LogP contribution in [0.15, 0.2) is 36.5 Å². The number of benzene rings is 1. The molecule has 1 N–H and O–H groups in total.